The lowest BCUT2D eigenvalue weighted by atomic mass is 10.1. The van der Waals surface area contributed by atoms with Gasteiger partial charge in [0, 0.05) is 43.8 Å². The highest BCUT2D eigenvalue weighted by Crippen LogP contribution is 2.38. The van der Waals surface area contributed by atoms with Gasteiger partial charge < -0.3 is 24.9 Å². The number of aliphatic hydroxyl groups is 1. The Morgan fingerprint density at radius 1 is 1.17 bits per heavy atom. The van der Waals surface area contributed by atoms with E-state index in [1.165, 1.54) is 59.8 Å². The molecule has 0 bridgehead atoms. The third-order valence-corrected chi connectivity index (χ3v) is 8.70. The van der Waals surface area contributed by atoms with Gasteiger partial charge in [-0.1, -0.05) is 12.5 Å². The van der Waals surface area contributed by atoms with Gasteiger partial charge in [-0.2, -0.15) is 12.7 Å². The van der Waals surface area contributed by atoms with Gasteiger partial charge in [0.2, 0.25) is 0 Å². The summed E-state index contributed by atoms with van der Waals surface area (Å²) in [5.74, 6) is 1.32. The molecule has 1 aliphatic heterocycles. The Morgan fingerprint density at radius 3 is 2.83 bits per heavy atom. The average molecular weight is 515 g/mol. The summed E-state index contributed by atoms with van der Waals surface area (Å²) in [7, 11) is -0.723. The van der Waals surface area contributed by atoms with E-state index in [0.29, 0.717) is 36.7 Å². The minimum absolute atomic E-state index is 0.0810. The van der Waals surface area contributed by atoms with Gasteiger partial charge in [-0.25, -0.2) is 4.31 Å². The van der Waals surface area contributed by atoms with Crippen LogP contribution in [0.5, 0.6) is 11.5 Å². The lowest BCUT2D eigenvalue weighted by Gasteiger charge is -2.22. The Kier molecular flexibility index (Phi) is 7.11. The highest BCUT2D eigenvalue weighted by molar-refractivity contribution is 7.90. The lowest BCUT2D eigenvalue weighted by Crippen LogP contribution is -2.39. The molecule has 0 unspecified atom stereocenters. The molecule has 2 aliphatic rings. The summed E-state index contributed by atoms with van der Waals surface area (Å²) in [6.07, 6.45) is 5.20. The molecule has 36 heavy (non-hydrogen) atoms. The lowest BCUT2D eigenvalue weighted by molar-refractivity contribution is 0.172. The zero-order valence-corrected chi connectivity index (χ0v) is 21.6. The number of nitrogens with one attached hydrogen (secondary N) is 2. The molecule has 3 aromatic rings. The molecule has 2 aromatic carbocycles. The number of benzene rings is 2. The van der Waals surface area contributed by atoms with Crippen molar-refractivity contribution in [3.8, 4) is 11.5 Å². The second-order valence-electron chi connectivity index (χ2n) is 9.56. The number of ether oxygens (including phenoxy) is 2. The maximum absolute atomic E-state index is 12.6. The normalized spacial score (nSPS) is 16.5. The zero-order chi connectivity index (χ0) is 25.3. The van der Waals surface area contributed by atoms with Crippen molar-refractivity contribution >= 4 is 26.8 Å². The molecule has 0 saturated heterocycles. The van der Waals surface area contributed by atoms with Crippen molar-refractivity contribution in [2.24, 2.45) is 0 Å². The van der Waals surface area contributed by atoms with Gasteiger partial charge >= 0.3 is 10.2 Å². The number of anilines is 1. The smallest absolute Gasteiger partial charge is 0.306 e. The van der Waals surface area contributed by atoms with Crippen LogP contribution >= 0.6 is 0 Å². The van der Waals surface area contributed by atoms with Gasteiger partial charge in [-0.3, -0.25) is 0 Å². The predicted octanol–water partition coefficient (Wildman–Crippen LogP) is 3.10. The van der Waals surface area contributed by atoms with Crippen molar-refractivity contribution in [1.82, 2.24) is 14.6 Å². The number of fused-ring (bicyclic) bond motifs is 4. The van der Waals surface area contributed by atoms with Crippen molar-refractivity contribution in [3.63, 3.8) is 0 Å². The van der Waals surface area contributed by atoms with Crippen LogP contribution in [0.4, 0.5) is 5.69 Å². The summed E-state index contributed by atoms with van der Waals surface area (Å²) in [4.78, 5) is 3.58. The fraction of sp³-hybridized carbons (Fsp3) is 0.462. The number of aliphatic hydroxyl groups excluding tert-OH is 1. The second-order valence-corrected chi connectivity index (χ2v) is 11.6. The number of hydrogen-bond acceptors (Lipinski definition) is 6. The maximum atomic E-state index is 12.6. The van der Waals surface area contributed by atoms with Crippen LogP contribution in [0.25, 0.3) is 10.9 Å². The highest BCUT2D eigenvalue weighted by Gasteiger charge is 2.33. The second kappa shape index (κ2) is 10.3. The molecule has 0 radical (unpaired) electrons. The quantitative estimate of drug-likeness (QED) is 0.299. The van der Waals surface area contributed by atoms with Crippen molar-refractivity contribution in [3.05, 3.63) is 53.2 Å². The number of rotatable bonds is 9. The van der Waals surface area contributed by atoms with E-state index >= 15 is 0 Å². The fourth-order valence-corrected chi connectivity index (χ4v) is 5.87. The fourth-order valence-electron chi connectivity index (χ4n) is 4.89. The standard InChI is InChI=1S/C26H34N4O5S/c1-29(2)36(32,33)30-17-35-26-11-8-18(14-24(26)30)25(31)16-27-12-13-34-19-9-10-23-21(15-19)20-6-4-3-5-7-22(20)28-23/h8-11,14-15,25,27-28,31H,3-7,12-13,16-17H2,1-2H3/t25-/m0/s1. The minimum Gasteiger partial charge on any atom is -0.492 e. The summed E-state index contributed by atoms with van der Waals surface area (Å²) in [5, 5.41) is 15.2. The summed E-state index contributed by atoms with van der Waals surface area (Å²) in [5.41, 5.74) is 5.03. The first-order valence-electron chi connectivity index (χ1n) is 12.5. The van der Waals surface area contributed by atoms with Crippen molar-refractivity contribution in [1.29, 1.82) is 0 Å². The Labute approximate surface area is 212 Å². The monoisotopic (exact) mass is 514 g/mol. The summed E-state index contributed by atoms with van der Waals surface area (Å²) in [6, 6.07) is 11.3. The Morgan fingerprint density at radius 2 is 2.00 bits per heavy atom. The molecule has 1 aliphatic carbocycles. The van der Waals surface area contributed by atoms with E-state index in [1.807, 2.05) is 6.07 Å². The van der Waals surface area contributed by atoms with Crippen molar-refractivity contribution < 1.29 is 23.0 Å². The van der Waals surface area contributed by atoms with E-state index in [4.69, 9.17) is 9.47 Å². The molecule has 1 atom stereocenters. The molecule has 10 heteroatoms. The van der Waals surface area contributed by atoms with Crippen LogP contribution in [0.2, 0.25) is 0 Å². The first-order chi connectivity index (χ1) is 17.3. The van der Waals surface area contributed by atoms with Crippen molar-refractivity contribution in [2.45, 2.75) is 38.2 Å². The van der Waals surface area contributed by atoms with Gasteiger partial charge in [-0.05, 0) is 67.1 Å². The molecule has 194 valence electrons. The third kappa shape index (κ3) is 4.90. The topological polar surface area (TPSA) is 107 Å². The molecule has 9 nitrogen and oxygen atoms in total. The van der Waals surface area contributed by atoms with Crippen LogP contribution < -0.4 is 19.1 Å². The van der Waals surface area contributed by atoms with Crippen molar-refractivity contribution in [2.75, 3.05) is 44.8 Å². The summed E-state index contributed by atoms with van der Waals surface area (Å²) < 4.78 is 38.9. The van der Waals surface area contributed by atoms with E-state index in [-0.39, 0.29) is 6.73 Å². The largest absolute Gasteiger partial charge is 0.492 e. The predicted molar refractivity (Wildman–Crippen MR) is 140 cm³/mol. The van der Waals surface area contributed by atoms with Crippen LogP contribution in [0.1, 0.15) is 42.2 Å². The SMILES string of the molecule is CN(C)S(=O)(=O)N1COc2ccc([C@@H](O)CNCCOc3ccc4[nH]c5c(c4c3)CCCCC5)cc21. The van der Waals surface area contributed by atoms with Gasteiger partial charge in [0.25, 0.3) is 0 Å². The molecule has 0 amide bonds. The average Bonchev–Trinajstić information content (AvgIpc) is 3.36. The first kappa shape index (κ1) is 24.9. The Hall–Kier alpha value is -2.79. The molecule has 3 N–H and O–H groups in total. The number of hydrogen-bond donors (Lipinski definition) is 3. The van der Waals surface area contributed by atoms with Gasteiger partial charge in [0.15, 0.2) is 6.73 Å². The van der Waals surface area contributed by atoms with E-state index in [2.05, 4.69) is 22.4 Å². The van der Waals surface area contributed by atoms with Crippen LogP contribution in [0.3, 0.4) is 0 Å². The zero-order valence-electron chi connectivity index (χ0n) is 20.8. The molecule has 0 saturated carbocycles. The number of aryl methyl sites for hydroxylation is 2. The molecular weight excluding hydrogens is 480 g/mol. The number of aromatic nitrogens is 1. The molecular formula is C26H34N4O5S. The Bertz CT molecular complexity index is 1340. The van der Waals surface area contributed by atoms with Crippen LogP contribution in [0, 0.1) is 0 Å². The van der Waals surface area contributed by atoms with E-state index < -0.39 is 16.3 Å². The number of aromatic amines is 1. The Balaban J connectivity index is 1.15. The molecule has 2 heterocycles. The first-order valence-corrected chi connectivity index (χ1v) is 13.9. The van der Waals surface area contributed by atoms with E-state index in [9.17, 15) is 13.5 Å². The molecule has 5 rings (SSSR count). The van der Waals surface area contributed by atoms with E-state index in [0.717, 1.165) is 22.9 Å². The van der Waals surface area contributed by atoms with Crippen LogP contribution in [-0.2, 0) is 23.1 Å². The third-order valence-electron chi connectivity index (χ3n) is 6.92. The summed E-state index contributed by atoms with van der Waals surface area (Å²) in [6.45, 7) is 1.27. The summed E-state index contributed by atoms with van der Waals surface area (Å²) >= 11 is 0. The highest BCUT2D eigenvalue weighted by atomic mass is 32.2. The minimum atomic E-state index is -3.67. The van der Waals surface area contributed by atoms with Gasteiger partial charge in [-0.15, -0.1) is 0 Å². The van der Waals surface area contributed by atoms with E-state index in [1.54, 1.807) is 18.2 Å². The molecule has 1 aromatic heterocycles. The molecule has 0 fully saturated rings. The number of H-pyrrole nitrogens is 1. The van der Waals surface area contributed by atoms with Crippen LogP contribution in [0.15, 0.2) is 36.4 Å². The maximum Gasteiger partial charge on any atom is 0.306 e. The van der Waals surface area contributed by atoms with Crippen LogP contribution in [-0.4, -0.2) is 63.3 Å². The van der Waals surface area contributed by atoms with Gasteiger partial charge in [0.05, 0.1) is 11.8 Å². The number of nitrogens with zero attached hydrogens (tertiary/aromatic N) is 2. The van der Waals surface area contributed by atoms with Gasteiger partial charge in [0.1, 0.15) is 18.1 Å². The molecule has 0 spiro atoms.